The topological polar surface area (TPSA) is 29.3 Å². The Hall–Kier alpha value is -0.290. The number of hydrogen-bond acceptors (Lipinski definition) is 2. The van der Waals surface area contributed by atoms with Crippen LogP contribution in [0, 0.1) is 0 Å². The second-order valence-electron chi connectivity index (χ2n) is 4.93. The molecule has 0 spiro atoms. The van der Waals surface area contributed by atoms with E-state index in [1.165, 1.54) is 6.42 Å². The first-order valence-corrected chi connectivity index (χ1v) is 6.45. The van der Waals surface area contributed by atoms with Gasteiger partial charge in [0.15, 0.2) is 0 Å². The summed E-state index contributed by atoms with van der Waals surface area (Å²) in [6.45, 7) is 3.12. The van der Waals surface area contributed by atoms with Crippen molar-refractivity contribution in [3.63, 3.8) is 0 Å². The first kappa shape index (κ1) is 14.8. The van der Waals surface area contributed by atoms with Gasteiger partial charge < -0.3 is 5.73 Å². The van der Waals surface area contributed by atoms with E-state index in [-0.39, 0.29) is 12.1 Å². The van der Waals surface area contributed by atoms with Gasteiger partial charge in [0.1, 0.15) is 0 Å². The molecule has 1 rings (SSSR count). The summed E-state index contributed by atoms with van der Waals surface area (Å²) in [5.41, 5.74) is 5.65. The van der Waals surface area contributed by atoms with Crippen molar-refractivity contribution < 1.29 is 13.2 Å². The van der Waals surface area contributed by atoms with Gasteiger partial charge in [0.25, 0.3) is 0 Å². The number of alkyl halides is 3. The summed E-state index contributed by atoms with van der Waals surface area (Å²) in [6, 6.07) is 0. The van der Waals surface area contributed by atoms with Crippen molar-refractivity contribution in [1.29, 1.82) is 0 Å². The summed E-state index contributed by atoms with van der Waals surface area (Å²) < 4.78 is 36.9. The molecule has 0 amide bonds. The number of nitrogens with two attached hydrogens (primary N) is 1. The third-order valence-electron chi connectivity index (χ3n) is 3.88. The second-order valence-corrected chi connectivity index (χ2v) is 4.93. The molecule has 0 aliphatic heterocycles. The van der Waals surface area contributed by atoms with E-state index in [9.17, 15) is 13.2 Å². The molecule has 2 N–H and O–H groups in total. The highest BCUT2D eigenvalue weighted by Gasteiger charge is 2.38. The maximum atomic E-state index is 12.3. The van der Waals surface area contributed by atoms with E-state index < -0.39 is 12.6 Å². The minimum absolute atomic E-state index is 0.0806. The maximum Gasteiger partial charge on any atom is 0.390 e. The van der Waals surface area contributed by atoms with Gasteiger partial charge in [0.2, 0.25) is 0 Å². The van der Waals surface area contributed by atoms with E-state index in [0.29, 0.717) is 13.1 Å². The molecule has 0 bridgehead atoms. The fourth-order valence-corrected chi connectivity index (χ4v) is 2.85. The largest absolute Gasteiger partial charge is 0.390 e. The zero-order valence-electron chi connectivity index (χ0n) is 10.5. The van der Waals surface area contributed by atoms with Gasteiger partial charge in [-0.2, -0.15) is 13.2 Å². The fraction of sp³-hybridized carbons (Fsp3) is 1.00. The summed E-state index contributed by atoms with van der Waals surface area (Å²) in [5.74, 6) is 0. The van der Waals surface area contributed by atoms with Crippen LogP contribution in [0.15, 0.2) is 0 Å². The number of nitrogens with zero attached hydrogens (tertiary/aromatic N) is 1. The van der Waals surface area contributed by atoms with Gasteiger partial charge >= 0.3 is 6.18 Å². The van der Waals surface area contributed by atoms with Crippen LogP contribution in [0.2, 0.25) is 0 Å². The number of halogens is 3. The van der Waals surface area contributed by atoms with Crippen molar-refractivity contribution in [2.75, 3.05) is 19.6 Å². The highest BCUT2D eigenvalue weighted by atomic mass is 19.4. The van der Waals surface area contributed by atoms with Gasteiger partial charge in [-0.3, -0.25) is 4.90 Å². The Bertz CT molecular complexity index is 222. The van der Waals surface area contributed by atoms with Gasteiger partial charge in [-0.05, 0) is 19.4 Å². The Balaban J connectivity index is 2.62. The molecule has 1 fully saturated rings. The Morgan fingerprint density at radius 3 is 2.18 bits per heavy atom. The van der Waals surface area contributed by atoms with Crippen molar-refractivity contribution in [3.8, 4) is 0 Å². The van der Waals surface area contributed by atoms with Gasteiger partial charge in [0.05, 0.1) is 6.42 Å². The molecule has 5 heteroatoms. The van der Waals surface area contributed by atoms with Crippen LogP contribution in [0.3, 0.4) is 0 Å². The van der Waals surface area contributed by atoms with E-state index in [1.807, 2.05) is 11.8 Å². The van der Waals surface area contributed by atoms with Crippen LogP contribution >= 0.6 is 0 Å². The van der Waals surface area contributed by atoms with E-state index in [4.69, 9.17) is 5.73 Å². The zero-order valence-corrected chi connectivity index (χ0v) is 10.5. The number of hydrogen-bond donors (Lipinski definition) is 1. The minimum Gasteiger partial charge on any atom is -0.329 e. The molecule has 1 saturated carbocycles. The summed E-state index contributed by atoms with van der Waals surface area (Å²) in [6.07, 6.45) is 0.420. The second kappa shape index (κ2) is 6.05. The normalized spacial score (nSPS) is 20.8. The van der Waals surface area contributed by atoms with Crippen LogP contribution in [-0.2, 0) is 0 Å². The van der Waals surface area contributed by atoms with Crippen LogP contribution in [-0.4, -0.2) is 36.2 Å². The van der Waals surface area contributed by atoms with Crippen molar-refractivity contribution in [3.05, 3.63) is 0 Å². The summed E-state index contributed by atoms with van der Waals surface area (Å²) in [7, 11) is 0. The lowest BCUT2D eigenvalue weighted by Gasteiger charge is -2.45. The van der Waals surface area contributed by atoms with Crippen LogP contribution in [0.1, 0.15) is 45.4 Å². The smallest absolute Gasteiger partial charge is 0.329 e. The molecular weight excluding hydrogens is 229 g/mol. The van der Waals surface area contributed by atoms with Crippen molar-refractivity contribution in [2.24, 2.45) is 5.73 Å². The third-order valence-corrected chi connectivity index (χ3v) is 3.88. The third kappa shape index (κ3) is 4.14. The molecule has 1 aliphatic carbocycles. The van der Waals surface area contributed by atoms with Crippen molar-refractivity contribution in [1.82, 2.24) is 4.90 Å². The quantitative estimate of drug-likeness (QED) is 0.815. The van der Waals surface area contributed by atoms with Crippen molar-refractivity contribution in [2.45, 2.75) is 57.2 Å². The van der Waals surface area contributed by atoms with Gasteiger partial charge in [0, 0.05) is 18.6 Å². The average Bonchev–Trinajstić information content (AvgIpc) is 2.29. The van der Waals surface area contributed by atoms with E-state index in [2.05, 4.69) is 0 Å². The molecule has 0 saturated heterocycles. The molecule has 102 valence electrons. The Morgan fingerprint density at radius 2 is 1.76 bits per heavy atom. The lowest BCUT2D eigenvalue weighted by molar-refractivity contribution is -0.141. The van der Waals surface area contributed by atoms with Crippen LogP contribution < -0.4 is 5.73 Å². The predicted octanol–water partition coefficient (Wildman–Crippen LogP) is 2.92. The number of likely N-dealkylation sites (N-methyl/N-ethyl adjacent to an activating group) is 1. The monoisotopic (exact) mass is 252 g/mol. The predicted molar refractivity (Wildman–Crippen MR) is 62.8 cm³/mol. The molecule has 2 nitrogen and oxygen atoms in total. The Morgan fingerprint density at radius 1 is 1.18 bits per heavy atom. The molecule has 1 aliphatic rings. The van der Waals surface area contributed by atoms with Gasteiger partial charge in [-0.15, -0.1) is 0 Å². The summed E-state index contributed by atoms with van der Waals surface area (Å²) in [4.78, 5) is 1.94. The van der Waals surface area contributed by atoms with Gasteiger partial charge in [-0.25, -0.2) is 0 Å². The molecule has 0 atom stereocenters. The van der Waals surface area contributed by atoms with Crippen LogP contribution in [0.5, 0.6) is 0 Å². The molecule has 17 heavy (non-hydrogen) atoms. The highest BCUT2D eigenvalue weighted by molar-refractivity contribution is 4.93. The minimum atomic E-state index is -4.07. The van der Waals surface area contributed by atoms with Crippen molar-refractivity contribution >= 4 is 0 Å². The molecule has 0 radical (unpaired) electrons. The first-order chi connectivity index (χ1) is 7.93. The average molecular weight is 252 g/mol. The summed E-state index contributed by atoms with van der Waals surface area (Å²) >= 11 is 0. The van der Waals surface area contributed by atoms with E-state index >= 15 is 0 Å². The lowest BCUT2D eigenvalue weighted by Crippen LogP contribution is -2.55. The van der Waals surface area contributed by atoms with Gasteiger partial charge in [-0.1, -0.05) is 26.2 Å². The van der Waals surface area contributed by atoms with Crippen LogP contribution in [0.4, 0.5) is 13.2 Å². The first-order valence-electron chi connectivity index (χ1n) is 6.45. The highest BCUT2D eigenvalue weighted by Crippen LogP contribution is 2.34. The Labute approximate surface area is 101 Å². The lowest BCUT2D eigenvalue weighted by atomic mass is 9.80. The summed E-state index contributed by atoms with van der Waals surface area (Å²) in [5, 5.41) is 0. The molecule has 0 heterocycles. The molecule has 0 unspecified atom stereocenters. The van der Waals surface area contributed by atoms with E-state index in [1.54, 1.807) is 0 Å². The fourth-order valence-electron chi connectivity index (χ4n) is 2.85. The van der Waals surface area contributed by atoms with Crippen LogP contribution in [0.25, 0.3) is 0 Å². The molecule has 0 aromatic rings. The Kier molecular flexibility index (Phi) is 5.25. The molecular formula is C12H23F3N2. The zero-order chi connectivity index (χ0) is 12.9. The standard InChI is InChI=1S/C12H23F3N2/c1-2-17(9-8-12(13,14)15)11(10-16)6-4-3-5-7-11/h2-10,16H2,1H3. The SMILES string of the molecule is CCN(CCC(F)(F)F)C1(CN)CCCCC1. The number of rotatable bonds is 5. The molecule has 0 aromatic heterocycles. The molecule has 0 aromatic carbocycles. The van der Waals surface area contributed by atoms with E-state index in [0.717, 1.165) is 25.7 Å². The maximum absolute atomic E-state index is 12.3.